The van der Waals surface area contributed by atoms with Crippen molar-refractivity contribution in [2.24, 2.45) is 5.41 Å². The lowest BCUT2D eigenvalue weighted by Gasteiger charge is -2.17. The number of nitrogens with zero attached hydrogens (tertiary/aromatic N) is 1. The van der Waals surface area contributed by atoms with Gasteiger partial charge in [-0.05, 0) is 26.3 Å². The molecule has 1 N–H and O–H groups in total. The van der Waals surface area contributed by atoms with Crippen LogP contribution < -0.4 is 4.74 Å². The Labute approximate surface area is 107 Å². The molecular formula is C13H16ClNO2. The zero-order valence-corrected chi connectivity index (χ0v) is 10.8. The van der Waals surface area contributed by atoms with Crippen LogP contribution in [0, 0.1) is 16.7 Å². The van der Waals surface area contributed by atoms with E-state index in [-0.39, 0.29) is 6.61 Å². The maximum atomic E-state index is 9.16. The van der Waals surface area contributed by atoms with E-state index in [1.165, 1.54) is 0 Å². The fourth-order valence-corrected chi connectivity index (χ4v) is 1.55. The number of nitriles is 1. The lowest BCUT2D eigenvalue weighted by atomic mass is 9.92. The highest BCUT2D eigenvalue weighted by molar-refractivity contribution is 6.32. The van der Waals surface area contributed by atoms with Crippen molar-refractivity contribution in [1.82, 2.24) is 0 Å². The van der Waals surface area contributed by atoms with Crippen molar-refractivity contribution in [1.29, 1.82) is 5.26 Å². The third-order valence-corrected chi connectivity index (χ3v) is 2.79. The highest BCUT2D eigenvalue weighted by Crippen LogP contribution is 2.29. The van der Waals surface area contributed by atoms with Gasteiger partial charge in [0.2, 0.25) is 0 Å². The van der Waals surface area contributed by atoms with Crippen LogP contribution in [0.2, 0.25) is 5.02 Å². The summed E-state index contributed by atoms with van der Waals surface area (Å²) < 4.78 is 5.55. The molecule has 1 aromatic rings. The Balaban J connectivity index is 2.67. The van der Waals surface area contributed by atoms with E-state index in [0.29, 0.717) is 29.4 Å². The maximum Gasteiger partial charge on any atom is 0.143 e. The summed E-state index contributed by atoms with van der Waals surface area (Å²) in [5.41, 5.74) is 0.243. The second-order valence-corrected chi connectivity index (χ2v) is 4.89. The fourth-order valence-electron chi connectivity index (χ4n) is 1.30. The van der Waals surface area contributed by atoms with Gasteiger partial charge in [0, 0.05) is 5.56 Å². The van der Waals surface area contributed by atoms with E-state index in [2.05, 4.69) is 6.07 Å². The molecule has 0 spiro atoms. The first kappa shape index (κ1) is 13.8. The van der Waals surface area contributed by atoms with Gasteiger partial charge in [-0.3, -0.25) is 0 Å². The van der Waals surface area contributed by atoms with Crippen molar-refractivity contribution in [3.8, 4) is 11.8 Å². The first-order valence-electron chi connectivity index (χ1n) is 5.42. The fraction of sp³-hybridized carbons (Fsp3) is 0.462. The van der Waals surface area contributed by atoms with Crippen LogP contribution in [-0.2, 0) is 6.61 Å². The number of rotatable bonds is 5. The number of para-hydroxylation sites is 1. The van der Waals surface area contributed by atoms with Gasteiger partial charge in [0.1, 0.15) is 5.75 Å². The quantitative estimate of drug-likeness (QED) is 0.877. The Hall–Kier alpha value is -1.24. The van der Waals surface area contributed by atoms with Gasteiger partial charge in [0.05, 0.1) is 29.7 Å². The van der Waals surface area contributed by atoms with Gasteiger partial charge in [0.15, 0.2) is 0 Å². The van der Waals surface area contributed by atoms with Gasteiger partial charge in [-0.25, -0.2) is 0 Å². The number of aliphatic hydroxyl groups excluding tert-OH is 1. The predicted octanol–water partition coefficient (Wildman–Crippen LogP) is 3.15. The van der Waals surface area contributed by atoms with Crippen molar-refractivity contribution in [2.45, 2.75) is 26.9 Å². The first-order chi connectivity index (χ1) is 8.00. The van der Waals surface area contributed by atoms with E-state index < -0.39 is 5.41 Å². The summed E-state index contributed by atoms with van der Waals surface area (Å²) in [6.07, 6.45) is 0.611. The van der Waals surface area contributed by atoms with Crippen LogP contribution in [0.4, 0.5) is 0 Å². The lowest BCUT2D eigenvalue weighted by Crippen LogP contribution is -2.13. The van der Waals surface area contributed by atoms with Crippen LogP contribution in [-0.4, -0.2) is 11.7 Å². The average Bonchev–Trinajstić information content (AvgIpc) is 2.31. The summed E-state index contributed by atoms with van der Waals surface area (Å²) in [5, 5.41) is 18.5. The largest absolute Gasteiger partial charge is 0.492 e. The van der Waals surface area contributed by atoms with Crippen LogP contribution in [0.3, 0.4) is 0 Å². The summed E-state index contributed by atoms with van der Waals surface area (Å²) in [6, 6.07) is 7.45. The van der Waals surface area contributed by atoms with Crippen LogP contribution in [0.15, 0.2) is 18.2 Å². The molecule has 0 aliphatic carbocycles. The number of aliphatic hydroxyl groups is 1. The van der Waals surface area contributed by atoms with E-state index in [9.17, 15) is 0 Å². The molecular weight excluding hydrogens is 238 g/mol. The minimum atomic E-state index is -0.416. The molecule has 0 fully saturated rings. The highest BCUT2D eigenvalue weighted by Gasteiger charge is 2.17. The minimum absolute atomic E-state index is 0.114. The van der Waals surface area contributed by atoms with E-state index in [0.717, 1.165) is 0 Å². The topological polar surface area (TPSA) is 53.2 Å². The van der Waals surface area contributed by atoms with E-state index in [1.54, 1.807) is 18.2 Å². The number of hydrogen-bond acceptors (Lipinski definition) is 3. The Kier molecular flexibility index (Phi) is 4.80. The molecule has 1 aromatic carbocycles. The Morgan fingerprint density at radius 1 is 1.47 bits per heavy atom. The van der Waals surface area contributed by atoms with E-state index >= 15 is 0 Å². The summed E-state index contributed by atoms with van der Waals surface area (Å²) >= 11 is 5.99. The third-order valence-electron chi connectivity index (χ3n) is 2.49. The molecule has 0 amide bonds. The molecule has 1 rings (SSSR count). The summed E-state index contributed by atoms with van der Waals surface area (Å²) in [5.74, 6) is 0.505. The second kappa shape index (κ2) is 5.90. The Morgan fingerprint density at radius 2 is 2.18 bits per heavy atom. The Morgan fingerprint density at radius 3 is 2.76 bits per heavy atom. The monoisotopic (exact) mass is 253 g/mol. The molecule has 0 atom stereocenters. The van der Waals surface area contributed by atoms with Gasteiger partial charge in [0.25, 0.3) is 0 Å². The van der Waals surface area contributed by atoms with Gasteiger partial charge in [-0.2, -0.15) is 5.26 Å². The maximum absolute atomic E-state index is 9.16. The second-order valence-electron chi connectivity index (χ2n) is 4.48. The van der Waals surface area contributed by atoms with Crippen molar-refractivity contribution in [2.75, 3.05) is 6.61 Å². The molecule has 92 valence electrons. The van der Waals surface area contributed by atoms with Crippen LogP contribution >= 0.6 is 11.6 Å². The molecule has 0 aliphatic rings. The molecule has 0 aromatic heterocycles. The standard InChI is InChI=1S/C13H16ClNO2/c1-13(2,9-15)6-7-17-12-10(8-16)4-3-5-11(12)14/h3-5,16H,6-8H2,1-2H3. The molecule has 0 aliphatic heterocycles. The zero-order valence-electron chi connectivity index (χ0n) is 10.0. The minimum Gasteiger partial charge on any atom is -0.492 e. The first-order valence-corrected chi connectivity index (χ1v) is 5.80. The molecule has 0 saturated carbocycles. The predicted molar refractivity (Wildman–Crippen MR) is 66.9 cm³/mol. The van der Waals surface area contributed by atoms with E-state index in [1.807, 2.05) is 13.8 Å². The van der Waals surface area contributed by atoms with Crippen molar-refractivity contribution >= 4 is 11.6 Å². The van der Waals surface area contributed by atoms with Crippen LogP contribution in [0.1, 0.15) is 25.8 Å². The summed E-state index contributed by atoms with van der Waals surface area (Å²) in [7, 11) is 0. The van der Waals surface area contributed by atoms with E-state index in [4.69, 9.17) is 26.7 Å². The number of benzene rings is 1. The van der Waals surface area contributed by atoms with Crippen molar-refractivity contribution in [3.05, 3.63) is 28.8 Å². The number of halogens is 1. The zero-order chi connectivity index (χ0) is 12.9. The molecule has 0 radical (unpaired) electrons. The molecule has 0 unspecified atom stereocenters. The SMILES string of the molecule is CC(C)(C#N)CCOc1c(Cl)cccc1CO. The van der Waals surface area contributed by atoms with Crippen LogP contribution in [0.25, 0.3) is 0 Å². The molecule has 3 nitrogen and oxygen atoms in total. The van der Waals surface area contributed by atoms with Gasteiger partial charge in [-0.15, -0.1) is 0 Å². The van der Waals surface area contributed by atoms with Gasteiger partial charge >= 0.3 is 0 Å². The number of hydrogen-bond donors (Lipinski definition) is 1. The molecule has 0 heterocycles. The summed E-state index contributed by atoms with van der Waals surface area (Å²) in [6.45, 7) is 4.00. The Bertz CT molecular complexity index is 424. The molecule has 0 saturated heterocycles. The van der Waals surface area contributed by atoms with Crippen molar-refractivity contribution < 1.29 is 9.84 Å². The van der Waals surface area contributed by atoms with Gasteiger partial charge < -0.3 is 9.84 Å². The smallest absolute Gasteiger partial charge is 0.143 e. The molecule has 17 heavy (non-hydrogen) atoms. The van der Waals surface area contributed by atoms with Crippen LogP contribution in [0.5, 0.6) is 5.75 Å². The molecule has 0 bridgehead atoms. The average molecular weight is 254 g/mol. The number of ether oxygens (including phenoxy) is 1. The molecule has 4 heteroatoms. The third kappa shape index (κ3) is 3.92. The normalized spacial score (nSPS) is 11.0. The highest BCUT2D eigenvalue weighted by atomic mass is 35.5. The summed E-state index contributed by atoms with van der Waals surface area (Å²) in [4.78, 5) is 0. The van der Waals surface area contributed by atoms with Crippen molar-refractivity contribution in [3.63, 3.8) is 0 Å². The lowest BCUT2D eigenvalue weighted by molar-refractivity contribution is 0.244. The van der Waals surface area contributed by atoms with Gasteiger partial charge in [-0.1, -0.05) is 23.7 Å².